The van der Waals surface area contributed by atoms with Crippen LogP contribution in [-0.4, -0.2) is 21.1 Å². The second-order valence-electron chi connectivity index (χ2n) is 3.40. The van der Waals surface area contributed by atoms with Gasteiger partial charge in [0.2, 0.25) is 0 Å². The predicted octanol–water partition coefficient (Wildman–Crippen LogP) is 0.473. The zero-order valence-corrected chi connectivity index (χ0v) is 10.1. The van der Waals surface area contributed by atoms with E-state index in [0.717, 1.165) is 16.6 Å². The average Bonchev–Trinajstić information content (AvgIpc) is 2.71. The molecular weight excluding hydrogens is 240 g/mol. The van der Waals surface area contributed by atoms with E-state index in [1.165, 1.54) is 28.2 Å². The Bertz CT molecular complexity index is 613. The van der Waals surface area contributed by atoms with Gasteiger partial charge in [-0.15, -0.1) is 11.3 Å². The van der Waals surface area contributed by atoms with E-state index in [1.54, 1.807) is 6.20 Å². The molecule has 90 valence electrons. The Labute approximate surface area is 101 Å². The third kappa shape index (κ3) is 2.82. The Hall–Kier alpha value is -1.89. The molecule has 0 saturated heterocycles. The fourth-order valence-corrected chi connectivity index (χ4v) is 2.23. The minimum Gasteiger partial charge on any atom is -0.362 e. The van der Waals surface area contributed by atoms with Crippen LogP contribution in [0.15, 0.2) is 28.0 Å². The summed E-state index contributed by atoms with van der Waals surface area (Å²) in [4.78, 5) is 29.7. The van der Waals surface area contributed by atoms with Crippen LogP contribution < -0.4 is 16.6 Å². The van der Waals surface area contributed by atoms with Gasteiger partial charge in [-0.05, 0) is 6.92 Å². The van der Waals surface area contributed by atoms with Crippen LogP contribution in [0.2, 0.25) is 0 Å². The molecule has 0 spiro atoms. The summed E-state index contributed by atoms with van der Waals surface area (Å²) in [5, 5.41) is 3.93. The Balaban J connectivity index is 2.19. The van der Waals surface area contributed by atoms with Crippen LogP contribution >= 0.6 is 11.3 Å². The molecule has 0 saturated carbocycles. The van der Waals surface area contributed by atoms with Crippen molar-refractivity contribution in [2.75, 3.05) is 11.9 Å². The quantitative estimate of drug-likeness (QED) is 0.829. The number of hydrogen-bond donors (Lipinski definition) is 2. The number of nitrogens with one attached hydrogen (secondary N) is 2. The Morgan fingerprint density at radius 2 is 2.35 bits per heavy atom. The molecule has 0 aliphatic rings. The van der Waals surface area contributed by atoms with Crippen LogP contribution in [0, 0.1) is 0 Å². The highest BCUT2D eigenvalue weighted by Gasteiger charge is 2.03. The van der Waals surface area contributed by atoms with Gasteiger partial charge in [-0.1, -0.05) is 0 Å². The molecule has 6 nitrogen and oxygen atoms in total. The first-order chi connectivity index (χ1) is 8.19. The summed E-state index contributed by atoms with van der Waals surface area (Å²) < 4.78 is 1.44. The van der Waals surface area contributed by atoms with Gasteiger partial charge < -0.3 is 5.32 Å². The minimum atomic E-state index is -0.407. The van der Waals surface area contributed by atoms with Crippen molar-refractivity contribution in [2.45, 2.75) is 13.5 Å². The van der Waals surface area contributed by atoms with Gasteiger partial charge in [0.25, 0.3) is 5.56 Å². The fourth-order valence-electron chi connectivity index (χ4n) is 1.35. The zero-order valence-electron chi connectivity index (χ0n) is 9.27. The van der Waals surface area contributed by atoms with Gasteiger partial charge >= 0.3 is 5.69 Å². The van der Waals surface area contributed by atoms with Crippen molar-refractivity contribution in [1.82, 2.24) is 14.5 Å². The summed E-state index contributed by atoms with van der Waals surface area (Å²) in [6.07, 6.45) is 3.20. The molecule has 0 aliphatic carbocycles. The largest absolute Gasteiger partial charge is 0.362 e. The van der Waals surface area contributed by atoms with Crippen LogP contribution in [0.4, 0.5) is 5.13 Å². The number of rotatable bonds is 4. The molecular formula is C10H12N4O2S. The molecule has 0 atom stereocenters. The number of aromatic nitrogens is 3. The molecule has 0 aliphatic heterocycles. The molecule has 0 fully saturated rings. The summed E-state index contributed by atoms with van der Waals surface area (Å²) in [5.41, 5.74) is -0.792. The van der Waals surface area contributed by atoms with Crippen molar-refractivity contribution >= 4 is 16.5 Å². The SMILES string of the molecule is CCNc1ncc(Cn2ccc(=O)[nH]c2=O)s1. The Morgan fingerprint density at radius 3 is 3.06 bits per heavy atom. The van der Waals surface area contributed by atoms with Crippen LogP contribution in [0.1, 0.15) is 11.8 Å². The topological polar surface area (TPSA) is 79.8 Å². The monoisotopic (exact) mass is 252 g/mol. The summed E-state index contributed by atoms with van der Waals surface area (Å²) in [7, 11) is 0. The summed E-state index contributed by atoms with van der Waals surface area (Å²) in [6, 6.07) is 1.33. The van der Waals surface area contributed by atoms with E-state index in [-0.39, 0.29) is 5.56 Å². The van der Waals surface area contributed by atoms with Gasteiger partial charge in [0.1, 0.15) is 0 Å². The van der Waals surface area contributed by atoms with Gasteiger partial charge in [0.15, 0.2) is 5.13 Å². The molecule has 0 aromatic carbocycles. The number of aromatic amines is 1. The zero-order chi connectivity index (χ0) is 12.3. The van der Waals surface area contributed by atoms with Gasteiger partial charge in [-0.25, -0.2) is 9.78 Å². The number of nitrogens with zero attached hydrogens (tertiary/aromatic N) is 2. The second-order valence-corrected chi connectivity index (χ2v) is 4.52. The first kappa shape index (κ1) is 11.6. The van der Waals surface area contributed by atoms with Crippen molar-refractivity contribution in [1.29, 1.82) is 0 Å². The van der Waals surface area contributed by atoms with E-state index in [2.05, 4.69) is 15.3 Å². The lowest BCUT2D eigenvalue weighted by atomic mass is 10.5. The van der Waals surface area contributed by atoms with Gasteiger partial charge in [0, 0.05) is 29.9 Å². The molecule has 2 aromatic rings. The van der Waals surface area contributed by atoms with E-state index in [0.29, 0.717) is 6.54 Å². The van der Waals surface area contributed by atoms with Crippen molar-refractivity contribution < 1.29 is 0 Å². The van der Waals surface area contributed by atoms with Gasteiger partial charge in [-0.3, -0.25) is 14.3 Å². The van der Waals surface area contributed by atoms with E-state index in [9.17, 15) is 9.59 Å². The standard InChI is InChI=1S/C10H12N4O2S/c1-2-11-9-12-5-7(17-9)6-14-4-3-8(15)13-10(14)16/h3-5H,2,6H2,1H3,(H,11,12)(H,13,15,16). The minimum absolute atomic E-state index is 0.385. The molecule has 2 aromatic heterocycles. The number of thiazole rings is 1. The lowest BCUT2D eigenvalue weighted by molar-refractivity contribution is 0.727. The first-order valence-corrected chi connectivity index (χ1v) is 5.99. The maximum Gasteiger partial charge on any atom is 0.328 e. The van der Waals surface area contributed by atoms with E-state index < -0.39 is 5.69 Å². The molecule has 2 N–H and O–H groups in total. The fraction of sp³-hybridized carbons (Fsp3) is 0.300. The van der Waals surface area contributed by atoms with E-state index >= 15 is 0 Å². The number of anilines is 1. The normalized spacial score (nSPS) is 10.4. The van der Waals surface area contributed by atoms with Crippen molar-refractivity contribution in [3.63, 3.8) is 0 Å². The number of H-pyrrole nitrogens is 1. The van der Waals surface area contributed by atoms with Crippen LogP contribution in [0.25, 0.3) is 0 Å². The van der Waals surface area contributed by atoms with Crippen molar-refractivity contribution in [3.05, 3.63) is 44.2 Å². The molecule has 2 heterocycles. The highest BCUT2D eigenvalue weighted by molar-refractivity contribution is 7.15. The van der Waals surface area contributed by atoms with Crippen LogP contribution in [-0.2, 0) is 6.54 Å². The molecule has 0 unspecified atom stereocenters. The maximum absolute atomic E-state index is 11.5. The highest BCUT2D eigenvalue weighted by atomic mass is 32.1. The summed E-state index contributed by atoms with van der Waals surface area (Å²) in [6.45, 7) is 3.22. The van der Waals surface area contributed by atoms with Crippen molar-refractivity contribution in [2.24, 2.45) is 0 Å². The molecule has 0 amide bonds. The molecule has 0 radical (unpaired) electrons. The Morgan fingerprint density at radius 1 is 1.53 bits per heavy atom. The maximum atomic E-state index is 11.5. The van der Waals surface area contributed by atoms with Gasteiger partial charge in [-0.2, -0.15) is 0 Å². The smallest absolute Gasteiger partial charge is 0.328 e. The summed E-state index contributed by atoms with van der Waals surface area (Å²) in [5.74, 6) is 0. The molecule has 2 rings (SSSR count). The van der Waals surface area contributed by atoms with E-state index in [4.69, 9.17) is 0 Å². The lowest BCUT2D eigenvalue weighted by Crippen LogP contribution is -2.28. The molecule has 7 heteroatoms. The van der Waals surface area contributed by atoms with Crippen LogP contribution in [0.5, 0.6) is 0 Å². The Kier molecular flexibility index (Phi) is 3.38. The van der Waals surface area contributed by atoms with Crippen molar-refractivity contribution in [3.8, 4) is 0 Å². The average molecular weight is 252 g/mol. The first-order valence-electron chi connectivity index (χ1n) is 5.17. The van der Waals surface area contributed by atoms with Gasteiger partial charge in [0.05, 0.1) is 6.54 Å². The third-order valence-electron chi connectivity index (χ3n) is 2.10. The summed E-state index contributed by atoms with van der Waals surface area (Å²) >= 11 is 1.49. The number of hydrogen-bond acceptors (Lipinski definition) is 5. The lowest BCUT2D eigenvalue weighted by Gasteiger charge is -2.00. The molecule has 17 heavy (non-hydrogen) atoms. The van der Waals surface area contributed by atoms with Crippen LogP contribution in [0.3, 0.4) is 0 Å². The predicted molar refractivity (Wildman–Crippen MR) is 66.7 cm³/mol. The highest BCUT2D eigenvalue weighted by Crippen LogP contribution is 2.17. The third-order valence-corrected chi connectivity index (χ3v) is 3.04. The molecule has 0 bridgehead atoms. The second kappa shape index (κ2) is 4.96. The van der Waals surface area contributed by atoms with E-state index in [1.807, 2.05) is 6.92 Å².